The highest BCUT2D eigenvalue weighted by Gasteiger charge is 2.23. The van der Waals surface area contributed by atoms with Gasteiger partial charge >= 0.3 is 0 Å². The maximum absolute atomic E-state index is 12.1. The molecular weight excluding hydrogens is 342 g/mol. The average Bonchev–Trinajstić information content (AvgIpc) is 3.21. The van der Waals surface area contributed by atoms with Gasteiger partial charge < -0.3 is 20.0 Å². The molecule has 6 heteroatoms. The van der Waals surface area contributed by atoms with Crippen molar-refractivity contribution in [1.82, 2.24) is 10.6 Å². The number of rotatable bonds is 8. The minimum absolute atomic E-state index is 0.0420. The number of likely N-dealkylation sites (tertiary alicyclic amines) is 1. The molecule has 0 aliphatic carbocycles. The van der Waals surface area contributed by atoms with Gasteiger partial charge in [0, 0.05) is 37.3 Å². The van der Waals surface area contributed by atoms with E-state index in [0.717, 1.165) is 32.5 Å². The summed E-state index contributed by atoms with van der Waals surface area (Å²) >= 11 is 0. The molecule has 1 aliphatic heterocycles. The van der Waals surface area contributed by atoms with E-state index in [-0.39, 0.29) is 30.7 Å². The third-order valence-corrected chi connectivity index (χ3v) is 4.97. The van der Waals surface area contributed by atoms with Crippen molar-refractivity contribution in [3.63, 3.8) is 0 Å². The van der Waals surface area contributed by atoms with E-state index in [1.807, 2.05) is 6.07 Å². The van der Waals surface area contributed by atoms with Crippen LogP contribution in [0.4, 0.5) is 0 Å². The van der Waals surface area contributed by atoms with Gasteiger partial charge in [-0.15, -0.1) is 0 Å². The fraction of sp³-hybridized carbons (Fsp3) is 0.429. The minimum Gasteiger partial charge on any atom is -0.467 e. The summed E-state index contributed by atoms with van der Waals surface area (Å²) in [7, 11) is 0. The molecule has 1 aliphatic rings. The number of nitrogens with one attached hydrogen (secondary N) is 3. The Hall–Kier alpha value is -2.60. The Morgan fingerprint density at radius 1 is 1.00 bits per heavy atom. The highest BCUT2D eigenvalue weighted by Crippen LogP contribution is 2.03. The molecule has 0 spiro atoms. The van der Waals surface area contributed by atoms with Crippen LogP contribution in [0.15, 0.2) is 53.1 Å². The lowest BCUT2D eigenvalue weighted by molar-refractivity contribution is -0.918. The van der Waals surface area contributed by atoms with Crippen LogP contribution in [-0.4, -0.2) is 30.9 Å². The first-order chi connectivity index (χ1) is 13.2. The van der Waals surface area contributed by atoms with Gasteiger partial charge in [0.05, 0.1) is 25.9 Å². The fourth-order valence-corrected chi connectivity index (χ4v) is 3.45. The zero-order valence-electron chi connectivity index (χ0n) is 15.6. The molecular formula is C21H28N3O3+. The second kappa shape index (κ2) is 9.92. The molecule has 1 aromatic carbocycles. The molecule has 0 saturated carbocycles. The molecule has 1 aromatic heterocycles. The average molecular weight is 370 g/mol. The molecule has 3 N–H and O–H groups in total. The fourth-order valence-electron chi connectivity index (χ4n) is 3.45. The van der Waals surface area contributed by atoms with Crippen molar-refractivity contribution < 1.29 is 18.9 Å². The molecule has 2 aromatic rings. The second-order valence-corrected chi connectivity index (χ2v) is 7.11. The predicted octanol–water partition coefficient (Wildman–Crippen LogP) is 1.04. The van der Waals surface area contributed by atoms with Gasteiger partial charge in [0.1, 0.15) is 12.3 Å². The largest absolute Gasteiger partial charge is 0.467 e. The quantitative estimate of drug-likeness (QED) is 0.650. The standard InChI is InChI=1S/C21H27N3O3/c25-20(22-15-19-7-4-14-27-19)8-9-21(26)23-18-10-12-24(13-11-18)16-17-5-2-1-3-6-17/h1-7,14,18H,8-13,15-16H2,(H,22,25)(H,23,26)/p+1. The number of quaternary nitrogens is 1. The summed E-state index contributed by atoms with van der Waals surface area (Å²) < 4.78 is 5.16. The molecule has 1 saturated heterocycles. The predicted molar refractivity (Wildman–Crippen MR) is 102 cm³/mol. The number of furan rings is 1. The van der Waals surface area contributed by atoms with E-state index in [1.54, 1.807) is 23.3 Å². The molecule has 144 valence electrons. The number of carbonyl (C=O) groups excluding carboxylic acids is 2. The Balaban J connectivity index is 1.29. The highest BCUT2D eigenvalue weighted by atomic mass is 16.3. The normalized spacial score (nSPS) is 19.4. The molecule has 0 bridgehead atoms. The van der Waals surface area contributed by atoms with Gasteiger partial charge in [0.15, 0.2) is 0 Å². The topological polar surface area (TPSA) is 75.8 Å². The number of amides is 2. The van der Waals surface area contributed by atoms with Crippen LogP contribution >= 0.6 is 0 Å². The summed E-state index contributed by atoms with van der Waals surface area (Å²) in [6, 6.07) is 14.3. The highest BCUT2D eigenvalue weighted by molar-refractivity contribution is 5.83. The Labute approximate surface area is 159 Å². The number of benzene rings is 1. The summed E-state index contributed by atoms with van der Waals surface area (Å²) in [5.74, 6) is 0.529. The molecule has 6 nitrogen and oxygen atoms in total. The number of carbonyl (C=O) groups is 2. The third kappa shape index (κ3) is 6.57. The van der Waals surface area contributed by atoms with Crippen molar-refractivity contribution in [3.8, 4) is 0 Å². The van der Waals surface area contributed by atoms with Crippen LogP contribution in [0.25, 0.3) is 0 Å². The summed E-state index contributed by atoms with van der Waals surface area (Å²) in [6.07, 6.45) is 3.96. The van der Waals surface area contributed by atoms with Crippen molar-refractivity contribution >= 4 is 11.8 Å². The minimum atomic E-state index is -0.135. The summed E-state index contributed by atoms with van der Waals surface area (Å²) in [5, 5.41) is 5.83. The van der Waals surface area contributed by atoms with Gasteiger partial charge in [0.2, 0.25) is 11.8 Å². The van der Waals surface area contributed by atoms with Crippen molar-refractivity contribution in [2.45, 2.75) is 44.8 Å². The molecule has 3 rings (SSSR count). The Morgan fingerprint density at radius 3 is 2.44 bits per heavy atom. The van der Waals surface area contributed by atoms with Crippen LogP contribution in [0.5, 0.6) is 0 Å². The van der Waals surface area contributed by atoms with Crippen LogP contribution in [0, 0.1) is 0 Å². The van der Waals surface area contributed by atoms with E-state index < -0.39 is 0 Å². The molecule has 0 radical (unpaired) electrons. The lowest BCUT2D eigenvalue weighted by atomic mass is 10.0. The maximum atomic E-state index is 12.1. The maximum Gasteiger partial charge on any atom is 0.220 e. The van der Waals surface area contributed by atoms with Gasteiger partial charge in [-0.1, -0.05) is 30.3 Å². The van der Waals surface area contributed by atoms with Crippen LogP contribution in [0.1, 0.15) is 37.0 Å². The van der Waals surface area contributed by atoms with Gasteiger partial charge in [0.25, 0.3) is 0 Å². The number of piperidine rings is 1. The lowest BCUT2D eigenvalue weighted by Gasteiger charge is -2.29. The van der Waals surface area contributed by atoms with E-state index in [0.29, 0.717) is 12.3 Å². The summed E-state index contributed by atoms with van der Waals surface area (Å²) in [6.45, 7) is 3.51. The molecule has 2 amide bonds. The molecule has 27 heavy (non-hydrogen) atoms. The first-order valence-electron chi connectivity index (χ1n) is 9.65. The van der Waals surface area contributed by atoms with Crippen molar-refractivity contribution in [1.29, 1.82) is 0 Å². The van der Waals surface area contributed by atoms with Crippen LogP contribution in [0.2, 0.25) is 0 Å². The first kappa shape index (κ1) is 19.2. The monoisotopic (exact) mass is 370 g/mol. The van der Waals surface area contributed by atoms with Gasteiger partial charge in [-0.2, -0.15) is 0 Å². The van der Waals surface area contributed by atoms with E-state index >= 15 is 0 Å². The molecule has 0 unspecified atom stereocenters. The van der Waals surface area contributed by atoms with Crippen molar-refractivity contribution in [3.05, 3.63) is 60.1 Å². The number of hydrogen-bond donors (Lipinski definition) is 3. The van der Waals surface area contributed by atoms with Gasteiger partial charge in [-0.3, -0.25) is 9.59 Å². The lowest BCUT2D eigenvalue weighted by Crippen LogP contribution is -3.12. The van der Waals surface area contributed by atoms with E-state index in [1.165, 1.54) is 5.56 Å². The Kier molecular flexibility index (Phi) is 7.04. The smallest absolute Gasteiger partial charge is 0.220 e. The molecule has 2 heterocycles. The van der Waals surface area contributed by atoms with Gasteiger partial charge in [-0.25, -0.2) is 0 Å². The van der Waals surface area contributed by atoms with E-state index in [9.17, 15) is 9.59 Å². The third-order valence-electron chi connectivity index (χ3n) is 4.97. The number of hydrogen-bond acceptors (Lipinski definition) is 3. The Bertz CT molecular complexity index is 708. The van der Waals surface area contributed by atoms with Crippen LogP contribution in [-0.2, 0) is 22.7 Å². The molecule has 0 atom stereocenters. The summed E-state index contributed by atoms with van der Waals surface area (Å²) in [5.41, 5.74) is 1.36. The van der Waals surface area contributed by atoms with Gasteiger partial charge in [-0.05, 0) is 12.1 Å². The van der Waals surface area contributed by atoms with Crippen LogP contribution < -0.4 is 15.5 Å². The Morgan fingerprint density at radius 2 is 1.74 bits per heavy atom. The van der Waals surface area contributed by atoms with Crippen molar-refractivity contribution in [2.75, 3.05) is 13.1 Å². The molecule has 1 fully saturated rings. The van der Waals surface area contributed by atoms with E-state index in [4.69, 9.17) is 4.42 Å². The zero-order chi connectivity index (χ0) is 18.9. The SMILES string of the molecule is O=C(CCC(=O)NC1CC[NH+](Cc2ccccc2)CC1)NCc1ccco1. The second-order valence-electron chi connectivity index (χ2n) is 7.11. The summed E-state index contributed by atoms with van der Waals surface area (Å²) in [4.78, 5) is 25.5. The van der Waals surface area contributed by atoms with Crippen LogP contribution in [0.3, 0.4) is 0 Å². The first-order valence-corrected chi connectivity index (χ1v) is 9.65. The van der Waals surface area contributed by atoms with E-state index in [2.05, 4.69) is 34.9 Å². The zero-order valence-corrected chi connectivity index (χ0v) is 15.6. The van der Waals surface area contributed by atoms with Crippen molar-refractivity contribution in [2.24, 2.45) is 0 Å².